The number of hydrogen-bond acceptors (Lipinski definition) is 4. The molecule has 1 N–H and O–H groups in total. The lowest BCUT2D eigenvalue weighted by atomic mass is 9.60. The van der Waals surface area contributed by atoms with E-state index in [1.54, 1.807) is 12.4 Å². The van der Waals surface area contributed by atoms with Gasteiger partial charge in [-0.2, -0.15) is 5.26 Å². The molecule has 0 aliphatic heterocycles. The Kier molecular flexibility index (Phi) is 5.40. The van der Waals surface area contributed by atoms with Crippen molar-refractivity contribution >= 4 is 38.5 Å². The molecule has 1 aromatic heterocycles. The van der Waals surface area contributed by atoms with E-state index in [4.69, 9.17) is 5.26 Å². The van der Waals surface area contributed by atoms with E-state index in [9.17, 15) is 0 Å². The molecule has 0 saturated heterocycles. The summed E-state index contributed by atoms with van der Waals surface area (Å²) in [5.74, 6) is 1.96. The quantitative estimate of drug-likeness (QED) is 0.548. The molecule has 2 atom stereocenters. The molecular formula is C23H24B2N4. The number of aryl methyl sites for hydroxylation is 1. The van der Waals surface area contributed by atoms with Crippen molar-refractivity contribution in [2.45, 2.75) is 31.5 Å². The van der Waals surface area contributed by atoms with E-state index < -0.39 is 0 Å². The lowest BCUT2D eigenvalue weighted by molar-refractivity contribution is 0.755. The van der Waals surface area contributed by atoms with Gasteiger partial charge in [0.15, 0.2) is 0 Å². The Morgan fingerprint density at radius 2 is 2.03 bits per heavy atom. The van der Waals surface area contributed by atoms with Gasteiger partial charge in [-0.1, -0.05) is 37.0 Å². The highest BCUT2D eigenvalue weighted by molar-refractivity contribution is 6.32. The van der Waals surface area contributed by atoms with Crippen LogP contribution in [0, 0.1) is 11.3 Å². The SMILES string of the molecule is BC1=Cc2ccc(CCCNc3ncnc4ccc(C#N)cc34)cc2C(C)C1B. The van der Waals surface area contributed by atoms with E-state index >= 15 is 0 Å². The first kappa shape index (κ1) is 19.3. The maximum Gasteiger partial charge on any atom is 0.137 e. The Morgan fingerprint density at radius 1 is 1.17 bits per heavy atom. The summed E-state index contributed by atoms with van der Waals surface area (Å²) in [5, 5.41) is 13.5. The summed E-state index contributed by atoms with van der Waals surface area (Å²) in [6, 6.07) is 14.6. The summed E-state index contributed by atoms with van der Waals surface area (Å²) < 4.78 is 0. The second-order valence-electron chi connectivity index (χ2n) is 8.03. The molecule has 4 nitrogen and oxygen atoms in total. The van der Waals surface area contributed by atoms with Crippen LogP contribution in [0.25, 0.3) is 17.0 Å². The topological polar surface area (TPSA) is 61.6 Å². The van der Waals surface area contributed by atoms with Gasteiger partial charge in [0.2, 0.25) is 0 Å². The smallest absolute Gasteiger partial charge is 0.137 e. The van der Waals surface area contributed by atoms with Crippen molar-refractivity contribution in [1.82, 2.24) is 9.97 Å². The van der Waals surface area contributed by atoms with Gasteiger partial charge in [0.05, 0.1) is 17.1 Å². The predicted molar refractivity (Wildman–Crippen MR) is 125 cm³/mol. The summed E-state index contributed by atoms with van der Waals surface area (Å²) in [6.07, 6.45) is 5.94. The maximum absolute atomic E-state index is 9.15. The number of anilines is 1. The minimum absolute atomic E-state index is 0.565. The van der Waals surface area contributed by atoms with Crippen molar-refractivity contribution in [2.75, 3.05) is 11.9 Å². The largest absolute Gasteiger partial charge is 0.369 e. The summed E-state index contributed by atoms with van der Waals surface area (Å²) in [5.41, 5.74) is 7.17. The van der Waals surface area contributed by atoms with Crippen LogP contribution in [0.2, 0.25) is 5.82 Å². The molecule has 0 radical (unpaired) electrons. The van der Waals surface area contributed by atoms with Crippen molar-refractivity contribution in [3.8, 4) is 6.07 Å². The fourth-order valence-corrected chi connectivity index (χ4v) is 4.11. The number of allylic oxidation sites excluding steroid dienone is 1. The van der Waals surface area contributed by atoms with Gasteiger partial charge in [0.25, 0.3) is 0 Å². The van der Waals surface area contributed by atoms with Gasteiger partial charge in [-0.3, -0.25) is 0 Å². The zero-order valence-corrected chi connectivity index (χ0v) is 17.2. The molecule has 0 amide bonds. The molecule has 1 heterocycles. The number of nitriles is 1. The number of nitrogens with one attached hydrogen (secondary N) is 1. The van der Waals surface area contributed by atoms with Gasteiger partial charge in [0, 0.05) is 11.9 Å². The highest BCUT2D eigenvalue weighted by Gasteiger charge is 2.22. The first-order valence-corrected chi connectivity index (χ1v) is 10.3. The van der Waals surface area contributed by atoms with Gasteiger partial charge in [-0.25, -0.2) is 9.97 Å². The van der Waals surface area contributed by atoms with E-state index in [0.29, 0.717) is 17.3 Å². The molecule has 2 aromatic carbocycles. The number of hydrogen-bond donors (Lipinski definition) is 1. The number of nitrogens with zero attached hydrogens (tertiary/aromatic N) is 3. The third-order valence-electron chi connectivity index (χ3n) is 6.19. The van der Waals surface area contributed by atoms with E-state index in [0.717, 1.165) is 36.1 Å². The average Bonchev–Trinajstić information content (AvgIpc) is 2.75. The molecule has 4 rings (SSSR count). The monoisotopic (exact) mass is 378 g/mol. The van der Waals surface area contributed by atoms with Crippen LogP contribution >= 0.6 is 0 Å². The molecule has 2 unspecified atom stereocenters. The highest BCUT2D eigenvalue weighted by atomic mass is 15.0. The highest BCUT2D eigenvalue weighted by Crippen LogP contribution is 2.39. The minimum atomic E-state index is 0.565. The van der Waals surface area contributed by atoms with Crippen LogP contribution in [-0.2, 0) is 6.42 Å². The Labute approximate surface area is 173 Å². The maximum atomic E-state index is 9.15. The van der Waals surface area contributed by atoms with Crippen molar-refractivity contribution < 1.29 is 0 Å². The summed E-state index contributed by atoms with van der Waals surface area (Å²) in [7, 11) is 4.56. The molecule has 3 aromatic rings. The van der Waals surface area contributed by atoms with E-state index in [2.05, 4.69) is 68.2 Å². The van der Waals surface area contributed by atoms with Crippen molar-refractivity contribution in [3.63, 3.8) is 0 Å². The number of aromatic nitrogens is 2. The summed E-state index contributed by atoms with van der Waals surface area (Å²) in [6.45, 7) is 3.16. The Bertz CT molecular complexity index is 1130. The van der Waals surface area contributed by atoms with Crippen LogP contribution in [0.15, 0.2) is 48.2 Å². The normalized spacial score (nSPS) is 18.0. The van der Waals surface area contributed by atoms with Gasteiger partial charge in [-0.15, -0.1) is 5.47 Å². The van der Waals surface area contributed by atoms with Gasteiger partial charge in [0.1, 0.15) is 27.8 Å². The van der Waals surface area contributed by atoms with Crippen LogP contribution in [0.1, 0.15) is 41.5 Å². The standard InChI is InChI=1S/C23H24B2N4/c1-14-18-9-15(4-6-17(18)11-20(24)22(14)25)3-2-8-27-23-19-10-16(12-26)5-7-21(19)28-13-29-23/h4-7,9-11,13-14,22H,2-3,8,24-25H2,1H3,(H,27,28,29). The molecular weight excluding hydrogens is 354 g/mol. The molecule has 1 aliphatic rings. The van der Waals surface area contributed by atoms with Crippen LogP contribution in [-0.4, -0.2) is 32.2 Å². The van der Waals surface area contributed by atoms with Crippen LogP contribution in [0.3, 0.4) is 0 Å². The zero-order chi connectivity index (χ0) is 20.4. The first-order chi connectivity index (χ1) is 14.1. The Hall–Kier alpha value is -3.06. The van der Waals surface area contributed by atoms with Gasteiger partial charge < -0.3 is 5.32 Å². The Balaban J connectivity index is 1.42. The molecule has 0 saturated carbocycles. The summed E-state index contributed by atoms with van der Waals surface area (Å²) in [4.78, 5) is 8.66. The van der Waals surface area contributed by atoms with E-state index in [1.807, 2.05) is 12.1 Å². The summed E-state index contributed by atoms with van der Waals surface area (Å²) >= 11 is 0. The lowest BCUT2D eigenvalue weighted by Gasteiger charge is -2.29. The molecule has 1 aliphatic carbocycles. The van der Waals surface area contributed by atoms with Crippen molar-refractivity contribution in [3.05, 3.63) is 70.5 Å². The minimum Gasteiger partial charge on any atom is -0.369 e. The molecule has 0 bridgehead atoms. The van der Waals surface area contributed by atoms with Gasteiger partial charge >= 0.3 is 0 Å². The van der Waals surface area contributed by atoms with Crippen LogP contribution in [0.5, 0.6) is 0 Å². The lowest BCUT2D eigenvalue weighted by Crippen LogP contribution is -2.13. The number of benzene rings is 2. The van der Waals surface area contributed by atoms with E-state index in [-0.39, 0.29) is 0 Å². The molecule has 29 heavy (non-hydrogen) atoms. The Morgan fingerprint density at radius 3 is 2.86 bits per heavy atom. The third-order valence-corrected chi connectivity index (χ3v) is 6.19. The fourth-order valence-electron chi connectivity index (χ4n) is 4.11. The van der Waals surface area contributed by atoms with Crippen molar-refractivity contribution in [2.24, 2.45) is 0 Å². The van der Waals surface area contributed by atoms with Crippen molar-refractivity contribution in [1.29, 1.82) is 5.26 Å². The second kappa shape index (κ2) is 8.13. The second-order valence-corrected chi connectivity index (χ2v) is 8.03. The van der Waals surface area contributed by atoms with Crippen LogP contribution in [0.4, 0.5) is 5.82 Å². The average molecular weight is 378 g/mol. The zero-order valence-electron chi connectivity index (χ0n) is 17.2. The van der Waals surface area contributed by atoms with Crippen LogP contribution < -0.4 is 5.32 Å². The molecule has 142 valence electrons. The van der Waals surface area contributed by atoms with Gasteiger partial charge in [-0.05, 0) is 53.6 Å². The molecule has 0 fully saturated rings. The fraction of sp³-hybridized carbons (Fsp3) is 0.261. The first-order valence-electron chi connectivity index (χ1n) is 10.3. The molecule has 6 heteroatoms. The number of fused-ring (bicyclic) bond motifs is 2. The predicted octanol–water partition coefficient (Wildman–Crippen LogP) is 3.06. The number of rotatable bonds is 5. The van der Waals surface area contributed by atoms with E-state index in [1.165, 1.54) is 22.2 Å². The molecule has 0 spiro atoms. The third kappa shape index (κ3) is 3.91.